The van der Waals surface area contributed by atoms with Crippen molar-refractivity contribution in [2.45, 2.75) is 39.3 Å². The van der Waals surface area contributed by atoms with Crippen LogP contribution in [-0.2, 0) is 0 Å². The summed E-state index contributed by atoms with van der Waals surface area (Å²) in [6.45, 7) is 10.0. The normalized spacial score (nSPS) is 19.0. The molecule has 0 saturated carbocycles. The third-order valence-corrected chi connectivity index (χ3v) is 5.26. The number of pyridine rings is 1. The SMILES string of the molecule is C=Cc1cc(C)cn2c(C(CN)C3=CC(F)=C(F)C(F)C3)c(C)c(C)c12. The van der Waals surface area contributed by atoms with Crippen molar-refractivity contribution in [1.29, 1.82) is 0 Å². The zero-order valence-electron chi connectivity index (χ0n) is 15.2. The average Bonchev–Trinajstić information content (AvgIpc) is 2.84. The lowest BCUT2D eigenvalue weighted by atomic mass is 9.86. The first-order valence-corrected chi connectivity index (χ1v) is 8.64. The maximum absolute atomic E-state index is 13.9. The monoisotopic (exact) mass is 360 g/mol. The Bertz CT molecular complexity index is 950. The number of fused-ring (bicyclic) bond motifs is 1. The number of nitrogens with two attached hydrogens (primary N) is 1. The van der Waals surface area contributed by atoms with Crippen molar-refractivity contribution in [2.75, 3.05) is 6.54 Å². The van der Waals surface area contributed by atoms with E-state index in [4.69, 9.17) is 5.73 Å². The van der Waals surface area contributed by atoms with Crippen LogP contribution in [0.1, 0.15) is 40.3 Å². The van der Waals surface area contributed by atoms with E-state index in [1.807, 2.05) is 37.4 Å². The maximum atomic E-state index is 13.9. The van der Waals surface area contributed by atoms with Crippen LogP contribution in [0, 0.1) is 20.8 Å². The van der Waals surface area contributed by atoms with Gasteiger partial charge in [-0.3, -0.25) is 0 Å². The van der Waals surface area contributed by atoms with Crippen LogP contribution in [0.5, 0.6) is 0 Å². The van der Waals surface area contributed by atoms with E-state index in [9.17, 15) is 13.2 Å². The Hall–Kier alpha value is -2.27. The van der Waals surface area contributed by atoms with E-state index in [1.54, 1.807) is 6.08 Å². The minimum absolute atomic E-state index is 0.178. The predicted octanol–water partition coefficient (Wildman–Crippen LogP) is 5.37. The van der Waals surface area contributed by atoms with Gasteiger partial charge in [0.05, 0.1) is 5.52 Å². The Morgan fingerprint density at radius 3 is 2.58 bits per heavy atom. The molecule has 0 spiro atoms. The second kappa shape index (κ2) is 6.80. The van der Waals surface area contributed by atoms with Crippen LogP contribution in [0.4, 0.5) is 13.2 Å². The Morgan fingerprint density at radius 2 is 2.00 bits per heavy atom. The van der Waals surface area contributed by atoms with E-state index < -0.39 is 23.7 Å². The first-order chi connectivity index (χ1) is 12.3. The van der Waals surface area contributed by atoms with Crippen molar-refractivity contribution in [2.24, 2.45) is 5.73 Å². The van der Waals surface area contributed by atoms with Crippen LogP contribution in [0.15, 0.2) is 42.1 Å². The number of allylic oxidation sites excluding steroid dienone is 3. The van der Waals surface area contributed by atoms with Gasteiger partial charge in [0.25, 0.3) is 0 Å². The molecule has 0 aliphatic heterocycles. The van der Waals surface area contributed by atoms with E-state index in [0.29, 0.717) is 5.57 Å². The largest absolute Gasteiger partial charge is 0.329 e. The lowest BCUT2D eigenvalue weighted by molar-refractivity contribution is 0.301. The lowest BCUT2D eigenvalue weighted by Gasteiger charge is -2.24. The second-order valence-corrected chi connectivity index (χ2v) is 6.91. The third-order valence-electron chi connectivity index (χ3n) is 5.26. The van der Waals surface area contributed by atoms with Crippen molar-refractivity contribution < 1.29 is 13.2 Å². The summed E-state index contributed by atoms with van der Waals surface area (Å²) in [5.74, 6) is -2.87. The van der Waals surface area contributed by atoms with Gasteiger partial charge in [0.1, 0.15) is 0 Å². The molecule has 2 aromatic heterocycles. The molecule has 2 unspecified atom stereocenters. The average molecular weight is 360 g/mol. The van der Waals surface area contributed by atoms with E-state index in [1.165, 1.54) is 0 Å². The Labute approximate surface area is 151 Å². The van der Waals surface area contributed by atoms with Gasteiger partial charge in [-0.05, 0) is 55.2 Å². The summed E-state index contributed by atoms with van der Waals surface area (Å²) < 4.78 is 43.2. The number of halogens is 3. The molecule has 0 radical (unpaired) electrons. The van der Waals surface area contributed by atoms with Gasteiger partial charge in [0, 0.05) is 30.8 Å². The van der Waals surface area contributed by atoms with Crippen LogP contribution >= 0.6 is 0 Å². The second-order valence-electron chi connectivity index (χ2n) is 6.91. The van der Waals surface area contributed by atoms with Crippen molar-refractivity contribution in [3.8, 4) is 0 Å². The van der Waals surface area contributed by atoms with Crippen molar-refractivity contribution in [1.82, 2.24) is 4.40 Å². The molecule has 5 heteroatoms. The lowest BCUT2D eigenvalue weighted by Crippen LogP contribution is -2.22. The van der Waals surface area contributed by atoms with Gasteiger partial charge in [0.15, 0.2) is 17.8 Å². The molecule has 0 fully saturated rings. The van der Waals surface area contributed by atoms with Crippen LogP contribution in [0.2, 0.25) is 0 Å². The standard InChI is InChI=1S/C21H23F3N2/c1-5-14-6-11(2)10-26-20(14)12(3)13(4)21(26)16(9-25)15-7-17(22)19(24)18(23)8-15/h5-7,10,16,18H,1,8-9,25H2,2-4H3. The van der Waals surface area contributed by atoms with E-state index in [-0.39, 0.29) is 13.0 Å². The molecule has 0 aromatic carbocycles. The van der Waals surface area contributed by atoms with Gasteiger partial charge < -0.3 is 10.1 Å². The summed E-state index contributed by atoms with van der Waals surface area (Å²) in [5, 5.41) is 0. The number of rotatable bonds is 4. The number of nitrogens with zero attached hydrogens (tertiary/aromatic N) is 1. The van der Waals surface area contributed by atoms with Crippen molar-refractivity contribution >= 4 is 11.6 Å². The first-order valence-electron chi connectivity index (χ1n) is 8.64. The zero-order chi connectivity index (χ0) is 19.2. The minimum Gasteiger partial charge on any atom is -0.329 e. The van der Waals surface area contributed by atoms with Crippen molar-refractivity contribution in [3.63, 3.8) is 0 Å². The molecular formula is C21H23F3N2. The maximum Gasteiger partial charge on any atom is 0.170 e. The Kier molecular flexibility index (Phi) is 4.84. The summed E-state index contributed by atoms with van der Waals surface area (Å²) >= 11 is 0. The highest BCUT2D eigenvalue weighted by Crippen LogP contribution is 2.39. The third kappa shape index (κ3) is 2.80. The quantitative estimate of drug-likeness (QED) is 0.781. The molecule has 2 N–H and O–H groups in total. The van der Waals surface area contributed by atoms with Gasteiger partial charge in [-0.25, -0.2) is 13.2 Å². The van der Waals surface area contributed by atoms with E-state index >= 15 is 0 Å². The van der Waals surface area contributed by atoms with E-state index in [2.05, 4.69) is 6.58 Å². The molecular weight excluding hydrogens is 337 g/mol. The number of aromatic nitrogens is 1. The number of alkyl halides is 1. The Morgan fingerprint density at radius 1 is 1.31 bits per heavy atom. The zero-order valence-corrected chi connectivity index (χ0v) is 15.2. The van der Waals surface area contributed by atoms with Gasteiger partial charge in [-0.1, -0.05) is 18.2 Å². The summed E-state index contributed by atoms with van der Waals surface area (Å²) in [5.41, 5.74) is 12.5. The number of hydrogen-bond donors (Lipinski definition) is 1. The van der Waals surface area contributed by atoms with Gasteiger partial charge in [0.2, 0.25) is 0 Å². The van der Waals surface area contributed by atoms with Crippen LogP contribution in [0.25, 0.3) is 11.6 Å². The molecule has 2 atom stereocenters. The highest BCUT2D eigenvalue weighted by atomic mass is 19.2. The summed E-state index contributed by atoms with van der Waals surface area (Å²) in [6.07, 6.45) is 2.74. The highest BCUT2D eigenvalue weighted by molar-refractivity contribution is 5.76. The number of aryl methyl sites for hydroxylation is 2. The molecule has 1 aliphatic carbocycles. The van der Waals surface area contributed by atoms with Crippen LogP contribution < -0.4 is 5.73 Å². The smallest absolute Gasteiger partial charge is 0.170 e. The summed E-state index contributed by atoms with van der Waals surface area (Å²) in [4.78, 5) is 0. The fourth-order valence-electron chi connectivity index (χ4n) is 3.90. The van der Waals surface area contributed by atoms with Crippen LogP contribution in [-0.4, -0.2) is 17.1 Å². The molecule has 1 aliphatic rings. The van der Waals surface area contributed by atoms with Crippen molar-refractivity contribution in [3.05, 3.63) is 70.1 Å². The molecule has 2 aromatic rings. The molecule has 26 heavy (non-hydrogen) atoms. The Balaban J connectivity index is 2.27. The summed E-state index contributed by atoms with van der Waals surface area (Å²) in [7, 11) is 0. The molecule has 3 rings (SSSR count). The summed E-state index contributed by atoms with van der Waals surface area (Å²) in [6, 6.07) is 2.05. The first kappa shape index (κ1) is 18.5. The highest BCUT2D eigenvalue weighted by Gasteiger charge is 2.31. The van der Waals surface area contributed by atoms with Gasteiger partial charge in [-0.15, -0.1) is 0 Å². The van der Waals surface area contributed by atoms with E-state index in [0.717, 1.165) is 39.5 Å². The topological polar surface area (TPSA) is 30.4 Å². The molecule has 138 valence electrons. The number of hydrogen-bond acceptors (Lipinski definition) is 1. The predicted molar refractivity (Wildman–Crippen MR) is 100 cm³/mol. The molecule has 2 nitrogen and oxygen atoms in total. The fraction of sp³-hybridized carbons (Fsp3) is 0.333. The molecule has 0 amide bonds. The molecule has 0 bridgehead atoms. The molecule has 0 saturated heterocycles. The molecule has 2 heterocycles. The minimum atomic E-state index is -1.96. The van der Waals surface area contributed by atoms with Gasteiger partial charge >= 0.3 is 0 Å². The van der Waals surface area contributed by atoms with Crippen LogP contribution in [0.3, 0.4) is 0 Å². The van der Waals surface area contributed by atoms with Gasteiger partial charge in [-0.2, -0.15) is 0 Å². The fourth-order valence-corrected chi connectivity index (χ4v) is 3.90.